The zero-order valence-corrected chi connectivity index (χ0v) is 14.6. The third-order valence-electron chi connectivity index (χ3n) is 3.25. The Kier molecular flexibility index (Phi) is 8.40. The van der Waals surface area contributed by atoms with Gasteiger partial charge >= 0.3 is 0 Å². The number of carbonyl (C=O) groups is 3. The highest BCUT2D eigenvalue weighted by molar-refractivity contribution is 8.23. The van der Waals surface area contributed by atoms with Crippen molar-refractivity contribution in [2.75, 3.05) is 18.8 Å². The molecule has 1 aliphatic rings. The van der Waals surface area contributed by atoms with Crippen LogP contribution in [0.2, 0.25) is 0 Å². The van der Waals surface area contributed by atoms with E-state index in [0.717, 1.165) is 19.3 Å². The minimum absolute atomic E-state index is 0.0727. The van der Waals surface area contributed by atoms with Crippen LogP contribution in [0.25, 0.3) is 0 Å². The van der Waals surface area contributed by atoms with Gasteiger partial charge in [-0.1, -0.05) is 30.4 Å². The van der Waals surface area contributed by atoms with Crippen LogP contribution in [0.15, 0.2) is 0 Å². The lowest BCUT2D eigenvalue weighted by Gasteiger charge is -2.15. The fourth-order valence-corrected chi connectivity index (χ4v) is 3.16. The summed E-state index contributed by atoms with van der Waals surface area (Å²) in [5, 5.41) is 5.33. The number of likely N-dealkylation sites (N-methyl/N-ethyl adjacent to an activating group) is 1. The fourth-order valence-electron chi connectivity index (χ4n) is 2.04. The van der Waals surface area contributed by atoms with Gasteiger partial charge in [0, 0.05) is 19.5 Å². The van der Waals surface area contributed by atoms with Crippen molar-refractivity contribution in [1.82, 2.24) is 15.5 Å². The lowest BCUT2D eigenvalue weighted by Crippen LogP contribution is -2.44. The molecule has 0 aromatic heterocycles. The van der Waals surface area contributed by atoms with Crippen molar-refractivity contribution in [3.05, 3.63) is 0 Å². The maximum Gasteiger partial charge on any atom is 0.242 e. The highest BCUT2D eigenvalue weighted by atomic mass is 32.2. The molecule has 6 nitrogen and oxygen atoms in total. The molecule has 0 aromatic rings. The van der Waals surface area contributed by atoms with E-state index in [4.69, 9.17) is 12.2 Å². The van der Waals surface area contributed by atoms with Gasteiger partial charge in [-0.05, 0) is 26.7 Å². The molecule has 0 saturated carbocycles. The van der Waals surface area contributed by atoms with E-state index < -0.39 is 6.04 Å². The van der Waals surface area contributed by atoms with Crippen molar-refractivity contribution in [3.8, 4) is 0 Å². The van der Waals surface area contributed by atoms with Crippen LogP contribution in [-0.4, -0.2) is 51.8 Å². The maximum atomic E-state index is 11.7. The zero-order chi connectivity index (χ0) is 16.5. The third kappa shape index (κ3) is 6.31. The summed E-state index contributed by atoms with van der Waals surface area (Å²) in [5.41, 5.74) is 0. The summed E-state index contributed by atoms with van der Waals surface area (Å²) in [7, 11) is 0. The fraction of sp³-hybridized carbons (Fsp3) is 0.714. The molecular formula is C14H23N3O3S2. The molecule has 8 heteroatoms. The molecule has 0 aromatic carbocycles. The molecule has 1 aliphatic heterocycles. The molecule has 0 spiro atoms. The Morgan fingerprint density at radius 1 is 1.36 bits per heavy atom. The summed E-state index contributed by atoms with van der Waals surface area (Å²) in [4.78, 5) is 36.3. The third-order valence-corrected chi connectivity index (χ3v) is 4.68. The van der Waals surface area contributed by atoms with Gasteiger partial charge in [0.1, 0.15) is 10.4 Å². The number of hydrogen-bond acceptors (Lipinski definition) is 5. The lowest BCUT2D eigenvalue weighted by molar-refractivity contribution is -0.128. The van der Waals surface area contributed by atoms with Gasteiger partial charge in [-0.15, -0.1) is 0 Å². The molecule has 2 N–H and O–H groups in total. The number of nitrogens with zero attached hydrogens (tertiary/aromatic N) is 1. The van der Waals surface area contributed by atoms with E-state index in [1.54, 1.807) is 11.8 Å². The Balaban J connectivity index is 2.11. The number of hydrogen-bond donors (Lipinski definition) is 2. The van der Waals surface area contributed by atoms with Crippen LogP contribution >= 0.6 is 24.0 Å². The number of carbonyl (C=O) groups excluding carboxylic acids is 3. The molecule has 0 radical (unpaired) electrons. The number of nitrogens with one attached hydrogen (secondary N) is 2. The lowest BCUT2D eigenvalue weighted by atomic mass is 10.1. The molecular weight excluding hydrogens is 322 g/mol. The highest BCUT2D eigenvalue weighted by Crippen LogP contribution is 2.19. The number of thioether (sulfide) groups is 1. The SMILES string of the molecule is CCNC(=O)[C@H](C)NC(=O)CCCCCN1C(=O)CSC1=S. The first-order valence-electron chi connectivity index (χ1n) is 7.50. The standard InChI is InChI=1S/C14H23N3O3S2/c1-3-15-13(20)10(2)16-11(18)7-5-4-6-8-17-12(19)9-22-14(17)21/h10H,3-9H2,1-2H3,(H,15,20)(H,16,18)/t10-/m0/s1. The molecule has 124 valence electrons. The van der Waals surface area contributed by atoms with Gasteiger partial charge in [0.2, 0.25) is 17.7 Å². The number of unbranched alkanes of at least 4 members (excludes halogenated alkanes) is 2. The van der Waals surface area contributed by atoms with Crippen LogP contribution in [-0.2, 0) is 14.4 Å². The van der Waals surface area contributed by atoms with E-state index in [9.17, 15) is 14.4 Å². The van der Waals surface area contributed by atoms with Crippen molar-refractivity contribution in [2.45, 2.75) is 45.6 Å². The van der Waals surface area contributed by atoms with E-state index in [1.165, 1.54) is 11.8 Å². The van der Waals surface area contributed by atoms with E-state index in [2.05, 4.69) is 10.6 Å². The van der Waals surface area contributed by atoms with E-state index in [1.807, 2.05) is 6.92 Å². The number of rotatable bonds is 9. The van der Waals surface area contributed by atoms with Crippen LogP contribution in [0.4, 0.5) is 0 Å². The second kappa shape index (κ2) is 9.78. The summed E-state index contributed by atoms with van der Waals surface area (Å²) in [6.45, 7) is 4.68. The van der Waals surface area contributed by atoms with Crippen molar-refractivity contribution in [3.63, 3.8) is 0 Å². The van der Waals surface area contributed by atoms with E-state index in [-0.39, 0.29) is 17.7 Å². The number of amides is 3. The normalized spacial score (nSPS) is 15.8. The van der Waals surface area contributed by atoms with Gasteiger partial charge in [0.05, 0.1) is 5.75 Å². The van der Waals surface area contributed by atoms with Crippen LogP contribution in [0.1, 0.15) is 39.5 Å². The van der Waals surface area contributed by atoms with Crippen LogP contribution in [0.5, 0.6) is 0 Å². The van der Waals surface area contributed by atoms with Gasteiger partial charge in [-0.2, -0.15) is 0 Å². The Morgan fingerprint density at radius 3 is 2.68 bits per heavy atom. The van der Waals surface area contributed by atoms with E-state index >= 15 is 0 Å². The van der Waals surface area contributed by atoms with Gasteiger partial charge < -0.3 is 10.6 Å². The minimum Gasteiger partial charge on any atom is -0.355 e. The Hall–Kier alpha value is -1.15. The first kappa shape index (κ1) is 18.9. The molecule has 1 saturated heterocycles. The second-order valence-corrected chi connectivity index (χ2v) is 6.70. The summed E-state index contributed by atoms with van der Waals surface area (Å²) in [6.07, 6.45) is 2.79. The van der Waals surface area contributed by atoms with Crippen molar-refractivity contribution in [2.24, 2.45) is 0 Å². The summed E-state index contributed by atoms with van der Waals surface area (Å²) in [5.74, 6) is 0.221. The maximum absolute atomic E-state index is 11.7. The molecule has 0 unspecified atom stereocenters. The molecule has 1 heterocycles. The summed E-state index contributed by atoms with van der Waals surface area (Å²) >= 11 is 6.50. The molecule has 22 heavy (non-hydrogen) atoms. The van der Waals surface area contributed by atoms with Crippen molar-refractivity contribution >= 4 is 46.0 Å². The molecule has 0 aliphatic carbocycles. The molecule has 3 amide bonds. The van der Waals surface area contributed by atoms with Crippen molar-refractivity contribution < 1.29 is 14.4 Å². The first-order valence-corrected chi connectivity index (χ1v) is 8.89. The molecule has 1 atom stereocenters. The van der Waals surface area contributed by atoms with Crippen LogP contribution in [0.3, 0.4) is 0 Å². The van der Waals surface area contributed by atoms with Crippen LogP contribution < -0.4 is 10.6 Å². The highest BCUT2D eigenvalue weighted by Gasteiger charge is 2.25. The zero-order valence-electron chi connectivity index (χ0n) is 13.0. The largest absolute Gasteiger partial charge is 0.355 e. The van der Waals surface area contributed by atoms with E-state index in [0.29, 0.717) is 29.6 Å². The monoisotopic (exact) mass is 345 g/mol. The molecule has 1 rings (SSSR count). The molecule has 1 fully saturated rings. The van der Waals surface area contributed by atoms with Gasteiger partial charge in [-0.25, -0.2) is 0 Å². The van der Waals surface area contributed by atoms with Gasteiger partial charge in [-0.3, -0.25) is 19.3 Å². The van der Waals surface area contributed by atoms with Gasteiger partial charge in [0.25, 0.3) is 0 Å². The predicted octanol–water partition coefficient (Wildman–Crippen LogP) is 1.05. The van der Waals surface area contributed by atoms with Crippen molar-refractivity contribution in [1.29, 1.82) is 0 Å². The first-order chi connectivity index (χ1) is 10.5. The smallest absolute Gasteiger partial charge is 0.242 e. The summed E-state index contributed by atoms with van der Waals surface area (Å²) in [6, 6.07) is -0.510. The quantitative estimate of drug-likeness (QED) is 0.482. The topological polar surface area (TPSA) is 78.5 Å². The Bertz CT molecular complexity index is 427. The Morgan fingerprint density at radius 2 is 2.09 bits per heavy atom. The average molecular weight is 345 g/mol. The van der Waals surface area contributed by atoms with Crippen LogP contribution in [0, 0.1) is 0 Å². The number of thiocarbonyl (C=S) groups is 1. The van der Waals surface area contributed by atoms with Gasteiger partial charge in [0.15, 0.2) is 0 Å². The minimum atomic E-state index is -0.510. The predicted molar refractivity (Wildman–Crippen MR) is 91.5 cm³/mol. The molecule has 0 bridgehead atoms. The Labute approximate surface area is 140 Å². The second-order valence-electron chi connectivity index (χ2n) is 5.09. The summed E-state index contributed by atoms with van der Waals surface area (Å²) < 4.78 is 0.651. The average Bonchev–Trinajstić information content (AvgIpc) is 2.78.